The van der Waals surface area contributed by atoms with E-state index >= 15 is 0 Å². The van der Waals surface area contributed by atoms with Gasteiger partial charge in [0, 0.05) is 17.2 Å². The van der Waals surface area contributed by atoms with E-state index < -0.39 is 0 Å². The number of hydrogen-bond donors (Lipinski definition) is 2. The quantitative estimate of drug-likeness (QED) is 0.652. The van der Waals surface area contributed by atoms with E-state index in [1.807, 2.05) is 0 Å². The van der Waals surface area contributed by atoms with Crippen LogP contribution in [0.3, 0.4) is 0 Å². The summed E-state index contributed by atoms with van der Waals surface area (Å²) in [4.78, 5) is 12.0. The van der Waals surface area contributed by atoms with Gasteiger partial charge >= 0.3 is 0 Å². The number of carbonyl (C=O) groups is 1. The van der Waals surface area contributed by atoms with Crippen molar-refractivity contribution >= 4 is 27.8 Å². The number of aromatic hydroxyl groups is 2. The molecule has 0 fully saturated rings. The van der Waals surface area contributed by atoms with Crippen LogP contribution in [0.2, 0.25) is 0 Å². The van der Waals surface area contributed by atoms with Crippen LogP contribution in [0.4, 0.5) is 0 Å². The van der Waals surface area contributed by atoms with Gasteiger partial charge in [0.15, 0.2) is 5.78 Å². The molecule has 2 rings (SSSR count). The van der Waals surface area contributed by atoms with Crippen molar-refractivity contribution in [1.29, 1.82) is 0 Å². The SMILES string of the molecule is COc1cc(O)c(Br)cc1/C=C/C(=O)c1ccc(O)cc1. The predicted molar refractivity (Wildman–Crippen MR) is 83.8 cm³/mol. The van der Waals surface area contributed by atoms with E-state index in [-0.39, 0.29) is 17.3 Å². The van der Waals surface area contributed by atoms with Gasteiger partial charge in [0.05, 0.1) is 11.6 Å². The highest BCUT2D eigenvalue weighted by Crippen LogP contribution is 2.32. The molecule has 0 radical (unpaired) electrons. The van der Waals surface area contributed by atoms with Crippen molar-refractivity contribution in [3.63, 3.8) is 0 Å². The Labute approximate surface area is 130 Å². The highest BCUT2D eigenvalue weighted by Gasteiger charge is 2.07. The van der Waals surface area contributed by atoms with Gasteiger partial charge in [-0.1, -0.05) is 0 Å². The van der Waals surface area contributed by atoms with E-state index in [0.717, 1.165) is 0 Å². The van der Waals surface area contributed by atoms with Crippen molar-refractivity contribution in [3.05, 3.63) is 58.1 Å². The monoisotopic (exact) mass is 348 g/mol. The molecular weight excluding hydrogens is 336 g/mol. The van der Waals surface area contributed by atoms with Crippen molar-refractivity contribution in [2.45, 2.75) is 0 Å². The van der Waals surface area contributed by atoms with Crippen molar-refractivity contribution in [3.8, 4) is 17.2 Å². The first-order valence-electron chi connectivity index (χ1n) is 6.09. The molecule has 0 saturated carbocycles. The van der Waals surface area contributed by atoms with Crippen molar-refractivity contribution in [2.75, 3.05) is 7.11 Å². The number of carbonyl (C=O) groups excluding carboxylic acids is 1. The number of ketones is 1. The number of phenolic OH excluding ortho intramolecular Hbond substituents is 2. The minimum atomic E-state index is -0.193. The van der Waals surface area contributed by atoms with Gasteiger partial charge < -0.3 is 14.9 Å². The summed E-state index contributed by atoms with van der Waals surface area (Å²) < 4.78 is 5.67. The molecule has 0 aliphatic carbocycles. The van der Waals surface area contributed by atoms with Gasteiger partial charge in [-0.25, -0.2) is 0 Å². The standard InChI is InChI=1S/C16H13BrO4/c1-21-16-9-15(20)13(17)8-11(16)4-7-14(19)10-2-5-12(18)6-3-10/h2-9,18,20H,1H3/b7-4+. The van der Waals surface area contributed by atoms with E-state index in [0.29, 0.717) is 21.3 Å². The van der Waals surface area contributed by atoms with Crippen LogP contribution in [0, 0.1) is 0 Å². The maximum atomic E-state index is 12.0. The summed E-state index contributed by atoms with van der Waals surface area (Å²) in [6.07, 6.45) is 3.02. The predicted octanol–water partition coefficient (Wildman–Crippen LogP) is 3.77. The maximum absolute atomic E-state index is 12.0. The van der Waals surface area contributed by atoms with Crippen LogP contribution >= 0.6 is 15.9 Å². The fourth-order valence-corrected chi connectivity index (χ4v) is 2.11. The lowest BCUT2D eigenvalue weighted by Gasteiger charge is -2.07. The summed E-state index contributed by atoms with van der Waals surface area (Å²) in [6.45, 7) is 0. The first kappa shape index (κ1) is 15.1. The van der Waals surface area contributed by atoms with Crippen molar-refractivity contribution < 1.29 is 19.7 Å². The number of allylic oxidation sites excluding steroid dienone is 1. The number of phenols is 2. The molecule has 0 bridgehead atoms. The zero-order valence-corrected chi connectivity index (χ0v) is 12.8. The van der Waals surface area contributed by atoms with Gasteiger partial charge in [0.25, 0.3) is 0 Å². The summed E-state index contributed by atoms with van der Waals surface area (Å²) >= 11 is 3.22. The van der Waals surface area contributed by atoms with Crippen LogP contribution in [0.5, 0.6) is 17.2 Å². The number of halogens is 1. The summed E-state index contributed by atoms with van der Waals surface area (Å²) in [6, 6.07) is 9.14. The minimum Gasteiger partial charge on any atom is -0.508 e. The van der Waals surface area contributed by atoms with Crippen LogP contribution in [0.15, 0.2) is 46.9 Å². The third-order valence-corrected chi connectivity index (χ3v) is 3.50. The van der Waals surface area contributed by atoms with E-state index in [1.165, 1.54) is 31.4 Å². The topological polar surface area (TPSA) is 66.8 Å². The molecule has 2 N–H and O–H groups in total. The Balaban J connectivity index is 2.26. The van der Waals surface area contributed by atoms with E-state index in [2.05, 4.69) is 15.9 Å². The summed E-state index contributed by atoms with van der Waals surface area (Å²) in [7, 11) is 1.49. The van der Waals surface area contributed by atoms with E-state index in [4.69, 9.17) is 4.74 Å². The number of benzene rings is 2. The van der Waals surface area contributed by atoms with Crippen LogP contribution in [-0.4, -0.2) is 23.1 Å². The van der Waals surface area contributed by atoms with Crippen LogP contribution in [0.1, 0.15) is 15.9 Å². The highest BCUT2D eigenvalue weighted by molar-refractivity contribution is 9.10. The second kappa shape index (κ2) is 6.45. The van der Waals surface area contributed by atoms with Crippen molar-refractivity contribution in [1.82, 2.24) is 0 Å². The van der Waals surface area contributed by atoms with Crippen LogP contribution in [0.25, 0.3) is 6.08 Å². The average Bonchev–Trinajstić information content (AvgIpc) is 2.48. The van der Waals surface area contributed by atoms with E-state index in [9.17, 15) is 15.0 Å². The molecule has 0 heterocycles. The Morgan fingerprint density at radius 3 is 2.48 bits per heavy atom. The average molecular weight is 349 g/mol. The molecule has 0 amide bonds. The third-order valence-electron chi connectivity index (χ3n) is 2.87. The number of hydrogen-bond acceptors (Lipinski definition) is 4. The second-order valence-electron chi connectivity index (χ2n) is 4.29. The molecule has 0 unspecified atom stereocenters. The lowest BCUT2D eigenvalue weighted by atomic mass is 10.1. The molecule has 0 spiro atoms. The summed E-state index contributed by atoms with van der Waals surface area (Å²) in [5, 5.41) is 18.8. The van der Waals surface area contributed by atoms with E-state index in [1.54, 1.807) is 24.3 Å². The normalized spacial score (nSPS) is 10.8. The molecule has 0 aromatic heterocycles. The molecule has 0 aliphatic rings. The van der Waals surface area contributed by atoms with Gasteiger partial charge in [-0.05, 0) is 58.4 Å². The van der Waals surface area contributed by atoms with Crippen LogP contribution < -0.4 is 4.74 Å². The third kappa shape index (κ3) is 3.64. The summed E-state index contributed by atoms with van der Waals surface area (Å²) in [5.41, 5.74) is 1.13. The molecule has 2 aromatic carbocycles. The lowest BCUT2D eigenvalue weighted by molar-refractivity contribution is 0.104. The zero-order valence-electron chi connectivity index (χ0n) is 11.2. The molecule has 21 heavy (non-hydrogen) atoms. The Morgan fingerprint density at radius 2 is 1.86 bits per heavy atom. The summed E-state index contributed by atoms with van der Waals surface area (Å²) in [5.74, 6) is 0.445. The highest BCUT2D eigenvalue weighted by atomic mass is 79.9. The minimum absolute atomic E-state index is 0.0638. The molecular formula is C16H13BrO4. The lowest BCUT2D eigenvalue weighted by Crippen LogP contribution is -1.94. The molecule has 4 nitrogen and oxygen atoms in total. The molecule has 5 heteroatoms. The van der Waals surface area contributed by atoms with Gasteiger partial charge in [-0.15, -0.1) is 0 Å². The number of ether oxygens (including phenoxy) is 1. The second-order valence-corrected chi connectivity index (χ2v) is 5.14. The maximum Gasteiger partial charge on any atom is 0.185 e. The Hall–Kier alpha value is -2.27. The fourth-order valence-electron chi connectivity index (χ4n) is 1.75. The Morgan fingerprint density at radius 1 is 1.19 bits per heavy atom. The van der Waals surface area contributed by atoms with Gasteiger partial charge in [0.2, 0.25) is 0 Å². The largest absolute Gasteiger partial charge is 0.508 e. The van der Waals surface area contributed by atoms with Gasteiger partial charge in [-0.3, -0.25) is 4.79 Å². The smallest absolute Gasteiger partial charge is 0.185 e. The fraction of sp³-hybridized carbons (Fsp3) is 0.0625. The Bertz CT molecular complexity index is 690. The Kier molecular flexibility index (Phi) is 4.65. The molecule has 0 atom stereocenters. The number of methoxy groups -OCH3 is 1. The van der Waals surface area contributed by atoms with Crippen LogP contribution in [-0.2, 0) is 0 Å². The first-order valence-corrected chi connectivity index (χ1v) is 6.88. The zero-order chi connectivity index (χ0) is 15.4. The molecule has 2 aromatic rings. The molecule has 108 valence electrons. The van der Waals surface area contributed by atoms with Gasteiger partial charge in [0.1, 0.15) is 17.2 Å². The molecule has 0 aliphatic heterocycles. The van der Waals surface area contributed by atoms with Crippen molar-refractivity contribution in [2.24, 2.45) is 0 Å². The number of rotatable bonds is 4. The first-order chi connectivity index (χ1) is 10.0. The van der Waals surface area contributed by atoms with Gasteiger partial charge in [-0.2, -0.15) is 0 Å². The molecule has 0 saturated heterocycles.